The highest BCUT2D eigenvalue weighted by molar-refractivity contribution is 9.10. The van der Waals surface area contributed by atoms with Crippen molar-refractivity contribution in [2.45, 2.75) is 13.2 Å². The molecule has 0 amide bonds. The molecule has 2 aromatic carbocycles. The van der Waals surface area contributed by atoms with Gasteiger partial charge in [0.25, 0.3) is 0 Å². The van der Waals surface area contributed by atoms with E-state index in [1.165, 1.54) is 0 Å². The van der Waals surface area contributed by atoms with E-state index in [1.54, 1.807) is 18.2 Å². The molecule has 0 aromatic heterocycles. The molecular weight excluding hydrogens is 349 g/mol. The molecule has 2 nitrogen and oxygen atoms in total. The van der Waals surface area contributed by atoms with Gasteiger partial charge in [0.05, 0.1) is 4.47 Å². The van der Waals surface area contributed by atoms with E-state index in [0.717, 1.165) is 21.3 Å². The molecule has 0 radical (unpaired) electrons. The molecule has 5 heteroatoms. The second-order valence-electron chi connectivity index (χ2n) is 3.99. The lowest BCUT2D eigenvalue weighted by atomic mass is 10.2. The van der Waals surface area contributed by atoms with Crippen molar-refractivity contribution in [1.82, 2.24) is 0 Å². The van der Waals surface area contributed by atoms with Gasteiger partial charge in [-0.2, -0.15) is 0 Å². The van der Waals surface area contributed by atoms with Crippen LogP contribution in [0.25, 0.3) is 0 Å². The van der Waals surface area contributed by atoms with Crippen molar-refractivity contribution in [3.8, 4) is 5.75 Å². The normalized spacial score (nSPS) is 10.5. The topological polar surface area (TPSA) is 35.2 Å². The summed E-state index contributed by atoms with van der Waals surface area (Å²) in [6, 6.07) is 11.1. The Morgan fingerprint density at radius 2 is 1.89 bits per heavy atom. The van der Waals surface area contributed by atoms with E-state index < -0.39 is 0 Å². The first-order chi connectivity index (χ1) is 9.10. The maximum atomic E-state index is 6.08. The molecule has 0 aliphatic rings. The molecule has 0 atom stereocenters. The van der Waals surface area contributed by atoms with E-state index >= 15 is 0 Å². The Hall–Kier alpha value is -0.740. The number of halogens is 3. The summed E-state index contributed by atoms with van der Waals surface area (Å²) in [4.78, 5) is 0. The summed E-state index contributed by atoms with van der Waals surface area (Å²) in [7, 11) is 0. The molecule has 0 fully saturated rings. The smallest absolute Gasteiger partial charge is 0.134 e. The zero-order chi connectivity index (χ0) is 13.8. The van der Waals surface area contributed by atoms with Crippen LogP contribution in [0.2, 0.25) is 10.0 Å². The summed E-state index contributed by atoms with van der Waals surface area (Å²) >= 11 is 15.5. The number of hydrogen-bond donors (Lipinski definition) is 1. The van der Waals surface area contributed by atoms with Crippen LogP contribution in [-0.2, 0) is 13.2 Å². The van der Waals surface area contributed by atoms with E-state index in [0.29, 0.717) is 23.2 Å². The molecule has 0 unspecified atom stereocenters. The quantitative estimate of drug-likeness (QED) is 0.850. The molecule has 19 heavy (non-hydrogen) atoms. The zero-order valence-electron chi connectivity index (χ0n) is 10.00. The summed E-state index contributed by atoms with van der Waals surface area (Å²) in [5, 5.41) is 1.28. The second kappa shape index (κ2) is 6.62. The molecule has 2 N–H and O–H groups in total. The largest absolute Gasteiger partial charge is 0.488 e. The first kappa shape index (κ1) is 14.7. The maximum Gasteiger partial charge on any atom is 0.134 e. The standard InChI is InChI=1S/C14H12BrCl2NO/c15-12-5-9(7-18)1-4-14(12)19-8-10-6-11(16)2-3-13(10)17/h1-6H,7-8,18H2. The Kier molecular flexibility index (Phi) is 5.11. The summed E-state index contributed by atoms with van der Waals surface area (Å²) in [5.74, 6) is 0.744. The lowest BCUT2D eigenvalue weighted by Gasteiger charge is -2.10. The molecule has 2 aromatic rings. The number of nitrogens with two attached hydrogens (primary N) is 1. The molecule has 100 valence electrons. The van der Waals surface area contributed by atoms with E-state index in [9.17, 15) is 0 Å². The fraction of sp³-hybridized carbons (Fsp3) is 0.143. The Bertz CT molecular complexity index is 590. The predicted octanol–water partition coefficient (Wildman–Crippen LogP) is 4.79. The molecular formula is C14H12BrCl2NO. The summed E-state index contributed by atoms with van der Waals surface area (Å²) < 4.78 is 6.60. The molecule has 0 saturated carbocycles. The SMILES string of the molecule is NCc1ccc(OCc2cc(Cl)ccc2Cl)c(Br)c1. The highest BCUT2D eigenvalue weighted by Crippen LogP contribution is 2.28. The molecule has 2 rings (SSSR count). The van der Waals surface area contributed by atoms with Gasteiger partial charge in [-0.15, -0.1) is 0 Å². The van der Waals surface area contributed by atoms with Gasteiger partial charge >= 0.3 is 0 Å². The minimum Gasteiger partial charge on any atom is -0.488 e. The van der Waals surface area contributed by atoms with E-state index in [1.807, 2.05) is 18.2 Å². The molecule has 0 bridgehead atoms. The minimum atomic E-state index is 0.361. The summed E-state index contributed by atoms with van der Waals surface area (Å²) in [6.45, 7) is 0.860. The Morgan fingerprint density at radius 1 is 1.11 bits per heavy atom. The van der Waals surface area contributed by atoms with Gasteiger partial charge in [0.15, 0.2) is 0 Å². The van der Waals surface area contributed by atoms with E-state index in [2.05, 4.69) is 15.9 Å². The fourth-order valence-electron chi connectivity index (χ4n) is 1.60. The molecule has 0 aliphatic heterocycles. The van der Waals surface area contributed by atoms with Crippen LogP contribution < -0.4 is 10.5 Å². The van der Waals surface area contributed by atoms with Gasteiger partial charge in [-0.3, -0.25) is 0 Å². The minimum absolute atomic E-state index is 0.361. The molecule has 0 aliphatic carbocycles. The van der Waals surface area contributed by atoms with Crippen LogP contribution >= 0.6 is 39.1 Å². The van der Waals surface area contributed by atoms with Crippen LogP contribution in [0, 0.1) is 0 Å². The van der Waals surface area contributed by atoms with Gasteiger partial charge in [0, 0.05) is 22.2 Å². The average Bonchev–Trinajstić information content (AvgIpc) is 2.40. The highest BCUT2D eigenvalue weighted by atomic mass is 79.9. The van der Waals surface area contributed by atoms with Gasteiger partial charge in [-0.05, 0) is 51.8 Å². The molecule has 0 heterocycles. The van der Waals surface area contributed by atoms with Crippen molar-refractivity contribution in [3.05, 3.63) is 62.0 Å². The lowest BCUT2D eigenvalue weighted by Crippen LogP contribution is -1.99. The van der Waals surface area contributed by atoms with Crippen LogP contribution in [0.15, 0.2) is 40.9 Å². The van der Waals surface area contributed by atoms with Crippen molar-refractivity contribution in [2.75, 3.05) is 0 Å². The Labute approximate surface area is 130 Å². The third-order valence-electron chi connectivity index (χ3n) is 2.62. The van der Waals surface area contributed by atoms with Gasteiger partial charge in [-0.1, -0.05) is 29.3 Å². The summed E-state index contributed by atoms with van der Waals surface area (Å²) in [6.07, 6.45) is 0. The van der Waals surface area contributed by atoms with Crippen LogP contribution in [0.3, 0.4) is 0 Å². The van der Waals surface area contributed by atoms with Gasteiger partial charge in [0.2, 0.25) is 0 Å². The van der Waals surface area contributed by atoms with Crippen LogP contribution in [0.1, 0.15) is 11.1 Å². The van der Waals surface area contributed by atoms with Crippen molar-refractivity contribution >= 4 is 39.1 Å². The van der Waals surface area contributed by atoms with Crippen LogP contribution in [-0.4, -0.2) is 0 Å². The van der Waals surface area contributed by atoms with Crippen LogP contribution in [0.5, 0.6) is 5.75 Å². The van der Waals surface area contributed by atoms with Gasteiger partial charge in [-0.25, -0.2) is 0 Å². The first-order valence-electron chi connectivity index (χ1n) is 5.65. The zero-order valence-corrected chi connectivity index (χ0v) is 13.1. The highest BCUT2D eigenvalue weighted by Gasteiger charge is 2.06. The first-order valence-corrected chi connectivity index (χ1v) is 7.20. The number of benzene rings is 2. The van der Waals surface area contributed by atoms with Crippen molar-refractivity contribution in [2.24, 2.45) is 5.73 Å². The number of rotatable bonds is 4. The number of hydrogen-bond acceptors (Lipinski definition) is 2. The number of ether oxygens (including phenoxy) is 1. The average molecular weight is 361 g/mol. The van der Waals surface area contributed by atoms with Crippen molar-refractivity contribution < 1.29 is 4.74 Å². The predicted molar refractivity (Wildman–Crippen MR) is 82.8 cm³/mol. The Morgan fingerprint density at radius 3 is 2.58 bits per heavy atom. The Balaban J connectivity index is 2.12. The second-order valence-corrected chi connectivity index (χ2v) is 5.69. The third kappa shape index (κ3) is 3.86. The third-order valence-corrected chi connectivity index (χ3v) is 3.85. The van der Waals surface area contributed by atoms with E-state index in [-0.39, 0.29) is 0 Å². The van der Waals surface area contributed by atoms with E-state index in [4.69, 9.17) is 33.7 Å². The molecule has 0 spiro atoms. The van der Waals surface area contributed by atoms with Gasteiger partial charge < -0.3 is 10.5 Å². The van der Waals surface area contributed by atoms with Gasteiger partial charge in [0.1, 0.15) is 12.4 Å². The fourth-order valence-corrected chi connectivity index (χ4v) is 2.51. The lowest BCUT2D eigenvalue weighted by molar-refractivity contribution is 0.304. The molecule has 0 saturated heterocycles. The monoisotopic (exact) mass is 359 g/mol. The van der Waals surface area contributed by atoms with Crippen molar-refractivity contribution in [1.29, 1.82) is 0 Å². The van der Waals surface area contributed by atoms with Crippen LogP contribution in [0.4, 0.5) is 0 Å². The maximum absolute atomic E-state index is 6.08. The van der Waals surface area contributed by atoms with Crippen molar-refractivity contribution in [3.63, 3.8) is 0 Å². The summed E-state index contributed by atoms with van der Waals surface area (Å²) in [5.41, 5.74) is 7.47.